The maximum atomic E-state index is 12.8. The second-order valence-electron chi connectivity index (χ2n) is 7.57. The Kier molecular flexibility index (Phi) is 6.17. The smallest absolute Gasteiger partial charge is 0.344 e. The summed E-state index contributed by atoms with van der Waals surface area (Å²) in [7, 11) is 0. The van der Waals surface area contributed by atoms with Crippen LogP contribution in [0.4, 0.5) is 4.79 Å². The molecule has 0 aliphatic carbocycles. The fraction of sp³-hybridized carbons (Fsp3) is 0.500. The lowest BCUT2D eigenvalue weighted by molar-refractivity contribution is -0.899. The van der Waals surface area contributed by atoms with E-state index in [4.69, 9.17) is 4.74 Å². The van der Waals surface area contributed by atoms with Crippen molar-refractivity contribution in [2.45, 2.75) is 32.2 Å². The summed E-state index contributed by atoms with van der Waals surface area (Å²) in [5.41, 5.74) is 1.81. The van der Waals surface area contributed by atoms with Gasteiger partial charge in [-0.05, 0) is 32.3 Å². The lowest BCUT2D eigenvalue weighted by Crippen LogP contribution is -3.15. The Hall–Kier alpha value is -2.94. The number of rotatable bonds is 6. The van der Waals surface area contributed by atoms with Gasteiger partial charge in [-0.3, -0.25) is 19.8 Å². The van der Waals surface area contributed by atoms with Crippen LogP contribution in [-0.2, 0) is 24.7 Å². The minimum absolute atomic E-state index is 0.0645. The first-order valence-electron chi connectivity index (χ1n) is 9.87. The normalized spacial score (nSPS) is 26.8. The molecule has 3 rings (SSSR count). The van der Waals surface area contributed by atoms with E-state index in [-0.39, 0.29) is 18.4 Å². The molecule has 2 saturated heterocycles. The molecule has 3 atom stereocenters. The second-order valence-corrected chi connectivity index (χ2v) is 7.57. The molecule has 29 heavy (non-hydrogen) atoms. The number of quaternary nitrogens is 1. The molecule has 2 aliphatic rings. The summed E-state index contributed by atoms with van der Waals surface area (Å²) < 4.78 is 5.08. The molecule has 2 aliphatic heterocycles. The number of benzene rings is 1. The van der Waals surface area contributed by atoms with Gasteiger partial charge in [0.1, 0.15) is 11.5 Å². The van der Waals surface area contributed by atoms with Gasteiger partial charge in [-0.15, -0.1) is 0 Å². The highest BCUT2D eigenvalue weighted by Crippen LogP contribution is 2.27. The number of hydrazine groups is 1. The van der Waals surface area contributed by atoms with Crippen LogP contribution in [0.1, 0.15) is 32.3 Å². The lowest BCUT2D eigenvalue weighted by atomic mass is 9.92. The van der Waals surface area contributed by atoms with Crippen molar-refractivity contribution in [2.75, 3.05) is 26.2 Å². The van der Waals surface area contributed by atoms with Crippen molar-refractivity contribution in [1.29, 1.82) is 0 Å². The van der Waals surface area contributed by atoms with Crippen molar-refractivity contribution in [3.8, 4) is 0 Å². The van der Waals surface area contributed by atoms with Gasteiger partial charge in [0.15, 0.2) is 6.54 Å². The zero-order chi connectivity index (χ0) is 21.0. The lowest BCUT2D eigenvalue weighted by Gasteiger charge is -2.28. The van der Waals surface area contributed by atoms with E-state index in [0.29, 0.717) is 18.7 Å². The molecule has 0 spiro atoms. The van der Waals surface area contributed by atoms with Crippen LogP contribution in [0.2, 0.25) is 0 Å². The zero-order valence-corrected chi connectivity index (χ0v) is 16.7. The number of nitrogens with one attached hydrogen (secondary N) is 3. The number of imide groups is 1. The van der Waals surface area contributed by atoms with E-state index in [1.54, 1.807) is 38.1 Å². The fourth-order valence-corrected chi connectivity index (χ4v) is 3.87. The Labute approximate surface area is 169 Å². The quantitative estimate of drug-likeness (QED) is 0.432. The van der Waals surface area contributed by atoms with Crippen molar-refractivity contribution in [3.05, 3.63) is 35.9 Å². The number of hydrogen-bond acceptors (Lipinski definition) is 5. The van der Waals surface area contributed by atoms with Gasteiger partial charge < -0.3 is 15.0 Å². The van der Waals surface area contributed by atoms with E-state index in [1.807, 2.05) is 6.07 Å². The number of piperidine rings is 1. The Balaban J connectivity index is 1.60. The van der Waals surface area contributed by atoms with Gasteiger partial charge in [-0.2, -0.15) is 5.01 Å². The summed E-state index contributed by atoms with van der Waals surface area (Å²) in [6.07, 6.45) is 1.55. The van der Waals surface area contributed by atoms with E-state index >= 15 is 0 Å². The number of hydrogen-bond donors (Lipinski definition) is 3. The zero-order valence-electron chi connectivity index (χ0n) is 16.7. The molecule has 2 heterocycles. The van der Waals surface area contributed by atoms with Crippen LogP contribution in [0.25, 0.3) is 0 Å². The summed E-state index contributed by atoms with van der Waals surface area (Å²) in [5.74, 6) is -1.46. The average molecular weight is 403 g/mol. The Morgan fingerprint density at radius 2 is 2.03 bits per heavy atom. The maximum absolute atomic E-state index is 12.8. The molecule has 0 radical (unpaired) electrons. The predicted molar refractivity (Wildman–Crippen MR) is 102 cm³/mol. The molecule has 9 nitrogen and oxygen atoms in total. The second kappa shape index (κ2) is 8.60. The number of likely N-dealkylation sites (tertiary alicyclic amines) is 1. The van der Waals surface area contributed by atoms with Crippen molar-refractivity contribution in [2.24, 2.45) is 5.92 Å². The molecule has 0 aromatic heterocycles. The minimum Gasteiger partial charge on any atom is -0.466 e. The predicted octanol–water partition coefficient (Wildman–Crippen LogP) is -0.657. The molecule has 156 valence electrons. The van der Waals surface area contributed by atoms with Crippen molar-refractivity contribution in [3.63, 3.8) is 0 Å². The summed E-state index contributed by atoms with van der Waals surface area (Å²) in [5, 5.41) is 3.38. The number of carbonyl (C=O) groups excluding carboxylic acids is 4. The van der Waals surface area contributed by atoms with Crippen LogP contribution in [0, 0.1) is 5.92 Å². The number of esters is 1. The molecule has 1 aromatic carbocycles. The molecule has 0 saturated carbocycles. The van der Waals surface area contributed by atoms with E-state index in [0.717, 1.165) is 29.3 Å². The average Bonchev–Trinajstić information content (AvgIpc) is 2.93. The molecule has 1 aromatic rings. The van der Waals surface area contributed by atoms with Gasteiger partial charge in [0, 0.05) is 0 Å². The Bertz CT molecular complexity index is 799. The highest BCUT2D eigenvalue weighted by atomic mass is 16.5. The van der Waals surface area contributed by atoms with Crippen LogP contribution < -0.4 is 15.6 Å². The topological polar surface area (TPSA) is 109 Å². The largest absolute Gasteiger partial charge is 0.466 e. The summed E-state index contributed by atoms with van der Waals surface area (Å²) in [4.78, 5) is 50.5. The molecular weight excluding hydrogens is 376 g/mol. The standard InChI is InChI=1S/C20H26N4O5/c1-3-29-17(26)14-8-7-11-23(12-14)13-16(25)22-24-18(27)20(2,21-19(24)28)15-9-5-4-6-10-15/h4-6,9-10,14H,3,7-8,11-13H2,1-2H3,(H,21,28)(H,22,25)/p+1/t14-,20-/m1/s1. The Morgan fingerprint density at radius 1 is 1.31 bits per heavy atom. The highest BCUT2D eigenvalue weighted by molar-refractivity contribution is 6.08. The van der Waals surface area contributed by atoms with E-state index < -0.39 is 23.4 Å². The van der Waals surface area contributed by atoms with Crippen LogP contribution in [-0.4, -0.2) is 55.1 Å². The van der Waals surface area contributed by atoms with Crippen molar-refractivity contribution < 1.29 is 28.8 Å². The number of carbonyl (C=O) groups is 4. The SMILES string of the molecule is CCOC(=O)[C@@H]1CCC[NH+](CC(=O)NN2C(=O)N[C@](C)(c3ccccc3)C2=O)C1. The molecule has 1 unspecified atom stereocenters. The number of urea groups is 1. The number of nitrogens with zero attached hydrogens (tertiary/aromatic N) is 1. The van der Waals surface area contributed by atoms with E-state index in [9.17, 15) is 19.2 Å². The first-order valence-corrected chi connectivity index (χ1v) is 9.87. The monoisotopic (exact) mass is 403 g/mol. The van der Waals surface area contributed by atoms with Gasteiger partial charge in [-0.1, -0.05) is 30.3 Å². The molecule has 9 heteroatoms. The van der Waals surface area contributed by atoms with Gasteiger partial charge in [0.05, 0.1) is 19.7 Å². The number of ether oxygens (including phenoxy) is 1. The summed E-state index contributed by atoms with van der Waals surface area (Å²) in [6.45, 7) is 5.00. The molecule has 0 bridgehead atoms. The van der Waals surface area contributed by atoms with Crippen LogP contribution in [0.5, 0.6) is 0 Å². The first-order chi connectivity index (χ1) is 13.8. The van der Waals surface area contributed by atoms with Crippen LogP contribution in [0.3, 0.4) is 0 Å². The van der Waals surface area contributed by atoms with Crippen molar-refractivity contribution in [1.82, 2.24) is 15.8 Å². The number of amides is 4. The third-order valence-electron chi connectivity index (χ3n) is 5.43. The highest BCUT2D eigenvalue weighted by Gasteiger charge is 2.50. The van der Waals surface area contributed by atoms with Gasteiger partial charge in [0.2, 0.25) is 0 Å². The van der Waals surface area contributed by atoms with Gasteiger partial charge >= 0.3 is 12.0 Å². The fourth-order valence-electron chi connectivity index (χ4n) is 3.87. The third-order valence-corrected chi connectivity index (χ3v) is 5.43. The maximum Gasteiger partial charge on any atom is 0.344 e. The Morgan fingerprint density at radius 3 is 2.72 bits per heavy atom. The summed E-state index contributed by atoms with van der Waals surface area (Å²) >= 11 is 0. The van der Waals surface area contributed by atoms with E-state index in [2.05, 4.69) is 10.7 Å². The first kappa shape index (κ1) is 20.8. The van der Waals surface area contributed by atoms with Crippen LogP contribution in [0.15, 0.2) is 30.3 Å². The molecule has 4 amide bonds. The molecule has 2 fully saturated rings. The van der Waals surface area contributed by atoms with Crippen LogP contribution >= 0.6 is 0 Å². The third kappa shape index (κ3) is 4.40. The summed E-state index contributed by atoms with van der Waals surface area (Å²) in [6, 6.07) is 8.20. The van der Waals surface area contributed by atoms with Gasteiger partial charge in [-0.25, -0.2) is 4.79 Å². The molecular formula is C20H27N4O5+. The minimum atomic E-state index is -1.24. The van der Waals surface area contributed by atoms with E-state index in [1.165, 1.54) is 0 Å². The van der Waals surface area contributed by atoms with Gasteiger partial charge in [0.25, 0.3) is 11.8 Å². The molecule has 3 N–H and O–H groups in total. The van der Waals surface area contributed by atoms with Crippen molar-refractivity contribution >= 4 is 23.8 Å².